The van der Waals surface area contributed by atoms with Crippen molar-refractivity contribution >= 4 is 10.8 Å². The van der Waals surface area contributed by atoms with Gasteiger partial charge in [-0.3, -0.25) is 4.21 Å². The van der Waals surface area contributed by atoms with Crippen molar-refractivity contribution in [3.05, 3.63) is 35.4 Å². The normalized spacial score (nSPS) is 14.5. The van der Waals surface area contributed by atoms with Crippen molar-refractivity contribution in [2.75, 3.05) is 32.3 Å². The predicted molar refractivity (Wildman–Crippen MR) is 72.7 cm³/mol. The molecule has 17 heavy (non-hydrogen) atoms. The van der Waals surface area contributed by atoms with E-state index >= 15 is 0 Å². The summed E-state index contributed by atoms with van der Waals surface area (Å²) >= 11 is 0. The Hall–Kier alpha value is -0.710. The van der Waals surface area contributed by atoms with Crippen molar-refractivity contribution in [1.82, 2.24) is 5.32 Å². The minimum absolute atomic E-state index is 0.147. The molecular formula is C13H21NO2S. The van der Waals surface area contributed by atoms with E-state index < -0.39 is 10.8 Å². The van der Waals surface area contributed by atoms with Crippen LogP contribution < -0.4 is 5.32 Å². The predicted octanol–water partition coefficient (Wildman–Crippen LogP) is 1.65. The first kappa shape index (κ1) is 14.4. The van der Waals surface area contributed by atoms with Crippen LogP contribution in [0.15, 0.2) is 24.3 Å². The van der Waals surface area contributed by atoms with Crippen LogP contribution in [0.25, 0.3) is 0 Å². The third kappa shape index (κ3) is 4.98. The highest BCUT2D eigenvalue weighted by Crippen LogP contribution is 2.14. The summed E-state index contributed by atoms with van der Waals surface area (Å²) in [6.07, 6.45) is 0. The number of rotatable bonds is 7. The molecule has 0 spiro atoms. The smallest absolute Gasteiger partial charge is 0.0577 e. The molecule has 1 aromatic rings. The molecule has 3 nitrogen and oxygen atoms in total. The Morgan fingerprint density at radius 1 is 1.35 bits per heavy atom. The molecule has 2 unspecified atom stereocenters. The average Bonchev–Trinajstić information content (AvgIpc) is 2.34. The number of hydrogen-bond acceptors (Lipinski definition) is 3. The van der Waals surface area contributed by atoms with E-state index in [0.717, 1.165) is 0 Å². The zero-order valence-electron chi connectivity index (χ0n) is 10.7. The summed E-state index contributed by atoms with van der Waals surface area (Å²) in [7, 11) is 2.69. The van der Waals surface area contributed by atoms with E-state index in [4.69, 9.17) is 4.74 Å². The maximum Gasteiger partial charge on any atom is 0.0577 e. The number of hydrogen-bond donors (Lipinski definition) is 1. The van der Waals surface area contributed by atoms with E-state index in [1.165, 1.54) is 11.1 Å². The fourth-order valence-corrected chi connectivity index (χ4v) is 2.84. The van der Waals surface area contributed by atoms with Gasteiger partial charge in [-0.2, -0.15) is 0 Å². The molecule has 0 saturated heterocycles. The van der Waals surface area contributed by atoms with Crippen molar-refractivity contribution in [3.8, 4) is 0 Å². The van der Waals surface area contributed by atoms with Gasteiger partial charge in [0, 0.05) is 35.5 Å². The summed E-state index contributed by atoms with van der Waals surface area (Å²) in [6.45, 7) is 2.62. The van der Waals surface area contributed by atoms with E-state index in [9.17, 15) is 4.21 Å². The first-order chi connectivity index (χ1) is 8.17. The molecule has 0 bridgehead atoms. The number of methoxy groups -OCH3 is 1. The monoisotopic (exact) mass is 255 g/mol. The molecule has 1 rings (SSSR count). The van der Waals surface area contributed by atoms with Crippen LogP contribution in [0, 0.1) is 6.92 Å². The molecule has 1 aromatic carbocycles. The van der Waals surface area contributed by atoms with Gasteiger partial charge in [0.15, 0.2) is 0 Å². The van der Waals surface area contributed by atoms with Gasteiger partial charge in [0.25, 0.3) is 0 Å². The molecule has 2 atom stereocenters. The second kappa shape index (κ2) is 7.58. The van der Waals surface area contributed by atoms with Crippen LogP contribution in [0.2, 0.25) is 0 Å². The second-order valence-corrected chi connectivity index (χ2v) is 5.68. The van der Waals surface area contributed by atoms with Crippen LogP contribution in [0.1, 0.15) is 17.2 Å². The maximum absolute atomic E-state index is 11.8. The Morgan fingerprint density at radius 2 is 2.00 bits per heavy atom. The SMILES string of the molecule is CNC(CS(=O)CCOC)c1ccc(C)cc1. The van der Waals surface area contributed by atoms with E-state index in [0.29, 0.717) is 18.1 Å². The topological polar surface area (TPSA) is 38.3 Å². The van der Waals surface area contributed by atoms with Gasteiger partial charge in [-0.05, 0) is 19.5 Å². The van der Waals surface area contributed by atoms with Crippen LogP contribution in [0.3, 0.4) is 0 Å². The van der Waals surface area contributed by atoms with E-state index in [-0.39, 0.29) is 6.04 Å². The quantitative estimate of drug-likeness (QED) is 0.805. The van der Waals surface area contributed by atoms with E-state index in [1.807, 2.05) is 7.05 Å². The van der Waals surface area contributed by atoms with Gasteiger partial charge in [-0.1, -0.05) is 29.8 Å². The third-order valence-corrected chi connectivity index (χ3v) is 4.02. The Balaban J connectivity index is 2.59. The van der Waals surface area contributed by atoms with Gasteiger partial charge in [-0.15, -0.1) is 0 Å². The molecule has 0 aliphatic carbocycles. The highest BCUT2D eigenvalue weighted by Gasteiger charge is 2.12. The number of nitrogens with one attached hydrogen (secondary N) is 1. The summed E-state index contributed by atoms with van der Waals surface area (Å²) in [6, 6.07) is 8.48. The minimum atomic E-state index is -0.843. The third-order valence-electron chi connectivity index (χ3n) is 2.70. The Bertz CT molecular complexity index is 351. The maximum atomic E-state index is 11.8. The summed E-state index contributed by atoms with van der Waals surface area (Å²) in [5.74, 6) is 1.23. The van der Waals surface area contributed by atoms with Crippen LogP contribution in [-0.2, 0) is 15.5 Å². The molecule has 0 saturated carbocycles. The van der Waals surface area contributed by atoms with Crippen molar-refractivity contribution < 1.29 is 8.95 Å². The summed E-state index contributed by atoms with van der Waals surface area (Å²) in [4.78, 5) is 0. The standard InChI is InChI=1S/C13H21NO2S/c1-11-4-6-12(7-5-11)13(14-2)10-17(15)9-8-16-3/h4-7,13-14H,8-10H2,1-3H3. The summed E-state index contributed by atoms with van der Waals surface area (Å²) in [5.41, 5.74) is 2.42. The van der Waals surface area contributed by atoms with Gasteiger partial charge in [0.1, 0.15) is 0 Å². The van der Waals surface area contributed by atoms with Crippen LogP contribution in [-0.4, -0.2) is 36.5 Å². The van der Waals surface area contributed by atoms with Gasteiger partial charge in [0.05, 0.1) is 6.61 Å². The molecule has 0 amide bonds. The number of ether oxygens (including phenoxy) is 1. The van der Waals surface area contributed by atoms with Crippen LogP contribution >= 0.6 is 0 Å². The Labute approximate surface area is 106 Å². The van der Waals surface area contributed by atoms with Crippen molar-refractivity contribution in [2.45, 2.75) is 13.0 Å². The molecule has 0 aliphatic heterocycles. The lowest BCUT2D eigenvalue weighted by Crippen LogP contribution is -2.24. The minimum Gasteiger partial charge on any atom is -0.384 e. The second-order valence-electron chi connectivity index (χ2n) is 4.06. The molecule has 0 aliphatic rings. The molecule has 96 valence electrons. The molecular weight excluding hydrogens is 234 g/mol. The van der Waals surface area contributed by atoms with Gasteiger partial charge < -0.3 is 10.1 Å². The van der Waals surface area contributed by atoms with Crippen molar-refractivity contribution in [2.24, 2.45) is 0 Å². The highest BCUT2D eigenvalue weighted by atomic mass is 32.2. The molecule has 0 radical (unpaired) electrons. The molecule has 0 heterocycles. The lowest BCUT2D eigenvalue weighted by molar-refractivity contribution is 0.218. The fraction of sp³-hybridized carbons (Fsp3) is 0.538. The molecule has 0 aromatic heterocycles. The van der Waals surface area contributed by atoms with E-state index in [1.54, 1.807) is 7.11 Å². The Kier molecular flexibility index (Phi) is 6.40. The van der Waals surface area contributed by atoms with Crippen molar-refractivity contribution in [3.63, 3.8) is 0 Å². The first-order valence-corrected chi connectivity index (χ1v) is 7.24. The van der Waals surface area contributed by atoms with E-state index in [2.05, 4.69) is 36.5 Å². The van der Waals surface area contributed by atoms with Gasteiger partial charge in [-0.25, -0.2) is 0 Å². The summed E-state index contributed by atoms with van der Waals surface area (Å²) in [5, 5.41) is 3.21. The van der Waals surface area contributed by atoms with Gasteiger partial charge >= 0.3 is 0 Å². The van der Waals surface area contributed by atoms with Crippen molar-refractivity contribution in [1.29, 1.82) is 0 Å². The molecule has 0 fully saturated rings. The largest absolute Gasteiger partial charge is 0.384 e. The molecule has 4 heteroatoms. The lowest BCUT2D eigenvalue weighted by atomic mass is 10.1. The summed E-state index contributed by atoms with van der Waals surface area (Å²) < 4.78 is 16.7. The van der Waals surface area contributed by atoms with Crippen LogP contribution in [0.4, 0.5) is 0 Å². The van der Waals surface area contributed by atoms with Gasteiger partial charge in [0.2, 0.25) is 0 Å². The fourth-order valence-electron chi connectivity index (χ4n) is 1.59. The number of benzene rings is 1. The first-order valence-electron chi connectivity index (χ1n) is 5.75. The zero-order valence-corrected chi connectivity index (χ0v) is 11.5. The number of aryl methyl sites for hydroxylation is 1. The Morgan fingerprint density at radius 3 is 2.53 bits per heavy atom. The lowest BCUT2D eigenvalue weighted by Gasteiger charge is -2.16. The zero-order chi connectivity index (χ0) is 12.7. The van der Waals surface area contributed by atoms with Crippen LogP contribution in [0.5, 0.6) is 0 Å². The average molecular weight is 255 g/mol. The highest BCUT2D eigenvalue weighted by molar-refractivity contribution is 7.85. The molecule has 1 N–H and O–H groups in total.